The van der Waals surface area contributed by atoms with Gasteiger partial charge in [-0.3, -0.25) is 9.59 Å². The lowest BCUT2D eigenvalue weighted by Gasteiger charge is -2.40. The Morgan fingerprint density at radius 1 is 1.23 bits per heavy atom. The molecule has 1 saturated carbocycles. The maximum atomic E-state index is 13.3. The van der Waals surface area contributed by atoms with Gasteiger partial charge in [0.1, 0.15) is 6.04 Å². The Morgan fingerprint density at radius 3 is 2.45 bits per heavy atom. The monoisotopic (exact) mass is 434 g/mol. The lowest BCUT2D eigenvalue weighted by atomic mass is 9.76. The second kappa shape index (κ2) is 7.74. The Hall–Kier alpha value is -2.76. The van der Waals surface area contributed by atoms with Crippen molar-refractivity contribution in [1.82, 2.24) is 10.2 Å². The number of alkyl halides is 3. The summed E-state index contributed by atoms with van der Waals surface area (Å²) in [5.74, 6) is -0.226. The highest BCUT2D eigenvalue weighted by molar-refractivity contribution is 5.88. The van der Waals surface area contributed by atoms with Crippen molar-refractivity contribution in [2.75, 3.05) is 24.5 Å². The molecule has 3 aliphatic rings. The Kier molecular flexibility index (Phi) is 5.36. The third-order valence-corrected chi connectivity index (χ3v) is 6.76. The molecule has 1 spiro atoms. The smallest absolute Gasteiger partial charge is 0.371 e. The normalized spacial score (nSPS) is 23.0. The maximum Gasteiger partial charge on any atom is 0.417 e. The second-order valence-corrected chi connectivity index (χ2v) is 8.98. The van der Waals surface area contributed by atoms with Crippen LogP contribution in [0.15, 0.2) is 18.2 Å². The zero-order chi connectivity index (χ0) is 22.4. The molecule has 2 heterocycles. The summed E-state index contributed by atoms with van der Waals surface area (Å²) in [7, 11) is 0. The van der Waals surface area contributed by atoms with Crippen LogP contribution in [0, 0.1) is 16.7 Å². The molecule has 1 aliphatic carbocycles. The number of halogens is 3. The van der Waals surface area contributed by atoms with Crippen LogP contribution in [0.5, 0.6) is 0 Å². The molecular weight excluding hydrogens is 409 g/mol. The van der Waals surface area contributed by atoms with Crippen molar-refractivity contribution in [3.8, 4) is 6.07 Å². The highest BCUT2D eigenvalue weighted by Crippen LogP contribution is 2.45. The zero-order valence-electron chi connectivity index (χ0n) is 17.3. The first-order chi connectivity index (χ1) is 14.6. The summed E-state index contributed by atoms with van der Waals surface area (Å²) >= 11 is 0. The number of nitrogens with zero attached hydrogens (tertiary/aromatic N) is 3. The van der Waals surface area contributed by atoms with Gasteiger partial charge in [-0.15, -0.1) is 0 Å². The minimum Gasteiger partial charge on any atom is -0.371 e. The van der Waals surface area contributed by atoms with Crippen LogP contribution in [-0.4, -0.2) is 48.4 Å². The molecule has 166 valence electrons. The average Bonchev–Trinajstić information content (AvgIpc) is 3.46. The Labute approximate surface area is 179 Å². The maximum absolute atomic E-state index is 13.3. The summed E-state index contributed by atoms with van der Waals surface area (Å²) in [6.45, 7) is 3.04. The molecule has 4 rings (SSSR count). The standard InChI is InChI=1S/C22H25F3N4O2/c1-14(30)29-13-21(11-19(29)20(31)27-16-3-4-16)6-8-28(9-7-21)17-5-2-15(12-26)18(10-17)22(23,24)25/h2,5,10,16,19H,3-4,6-9,11,13H2,1H3,(H,27,31). The third-order valence-electron chi connectivity index (χ3n) is 6.76. The van der Waals surface area contributed by atoms with E-state index in [-0.39, 0.29) is 28.8 Å². The van der Waals surface area contributed by atoms with Crippen LogP contribution in [0.25, 0.3) is 0 Å². The molecule has 6 nitrogen and oxygen atoms in total. The first-order valence-corrected chi connectivity index (χ1v) is 10.6. The second-order valence-electron chi connectivity index (χ2n) is 8.98. The van der Waals surface area contributed by atoms with Crippen LogP contribution < -0.4 is 10.2 Å². The van der Waals surface area contributed by atoms with Crippen molar-refractivity contribution < 1.29 is 22.8 Å². The van der Waals surface area contributed by atoms with Crippen LogP contribution in [0.1, 0.15) is 50.2 Å². The highest BCUT2D eigenvalue weighted by atomic mass is 19.4. The van der Waals surface area contributed by atoms with Gasteiger partial charge >= 0.3 is 6.18 Å². The van der Waals surface area contributed by atoms with Gasteiger partial charge < -0.3 is 15.1 Å². The van der Waals surface area contributed by atoms with Crippen molar-refractivity contribution >= 4 is 17.5 Å². The zero-order valence-corrected chi connectivity index (χ0v) is 17.3. The van der Waals surface area contributed by atoms with E-state index in [1.54, 1.807) is 17.0 Å². The molecule has 0 radical (unpaired) electrons. The quantitative estimate of drug-likeness (QED) is 0.794. The van der Waals surface area contributed by atoms with Crippen LogP contribution in [0.2, 0.25) is 0 Å². The highest BCUT2D eigenvalue weighted by Gasteiger charge is 2.49. The van der Waals surface area contributed by atoms with Gasteiger partial charge in [-0.2, -0.15) is 18.4 Å². The average molecular weight is 434 g/mol. The predicted octanol–water partition coefficient (Wildman–Crippen LogP) is 3.06. The molecule has 1 aromatic rings. The van der Waals surface area contributed by atoms with Gasteiger partial charge in [0.2, 0.25) is 11.8 Å². The van der Waals surface area contributed by atoms with E-state index in [0.29, 0.717) is 44.6 Å². The Balaban J connectivity index is 1.47. The molecule has 31 heavy (non-hydrogen) atoms. The van der Waals surface area contributed by atoms with E-state index in [9.17, 15) is 22.8 Å². The van der Waals surface area contributed by atoms with Gasteiger partial charge in [0, 0.05) is 38.3 Å². The number of carbonyl (C=O) groups excluding carboxylic acids is 2. The SMILES string of the molecule is CC(=O)N1CC2(CCN(c3ccc(C#N)c(C(F)(F)F)c3)CC2)CC1C(=O)NC1CC1. The van der Waals surface area contributed by atoms with Gasteiger partial charge in [-0.1, -0.05) is 0 Å². The molecule has 2 amide bonds. The van der Waals surface area contributed by atoms with Gasteiger partial charge in [0.05, 0.1) is 17.2 Å². The van der Waals surface area contributed by atoms with Crippen molar-refractivity contribution in [2.24, 2.45) is 5.41 Å². The van der Waals surface area contributed by atoms with Gasteiger partial charge in [-0.05, 0) is 55.7 Å². The van der Waals surface area contributed by atoms with Crippen molar-refractivity contribution in [3.63, 3.8) is 0 Å². The Bertz CT molecular complexity index is 928. The molecular formula is C22H25F3N4O2. The number of likely N-dealkylation sites (tertiary alicyclic amines) is 1. The summed E-state index contributed by atoms with van der Waals surface area (Å²) in [6.07, 6.45) is -0.684. The molecule has 0 bridgehead atoms. The first-order valence-electron chi connectivity index (χ1n) is 10.6. The third kappa shape index (κ3) is 4.34. The summed E-state index contributed by atoms with van der Waals surface area (Å²) < 4.78 is 39.9. The fraction of sp³-hybridized carbons (Fsp3) is 0.591. The Morgan fingerprint density at radius 2 is 1.90 bits per heavy atom. The lowest BCUT2D eigenvalue weighted by molar-refractivity contribution is -0.137. The van der Waals surface area contributed by atoms with Crippen LogP contribution in [-0.2, 0) is 15.8 Å². The largest absolute Gasteiger partial charge is 0.417 e. The number of nitriles is 1. The van der Waals surface area contributed by atoms with Gasteiger partial charge in [0.25, 0.3) is 0 Å². The van der Waals surface area contributed by atoms with Crippen molar-refractivity contribution in [2.45, 2.75) is 57.3 Å². The van der Waals surface area contributed by atoms with Crippen LogP contribution in [0.4, 0.5) is 18.9 Å². The van der Waals surface area contributed by atoms with E-state index in [1.165, 1.54) is 13.0 Å². The first kappa shape index (κ1) is 21.5. The van der Waals surface area contributed by atoms with E-state index in [0.717, 1.165) is 18.9 Å². The van der Waals surface area contributed by atoms with Gasteiger partial charge in [-0.25, -0.2) is 0 Å². The van der Waals surface area contributed by atoms with Crippen molar-refractivity contribution in [1.29, 1.82) is 5.26 Å². The fourth-order valence-corrected chi connectivity index (χ4v) is 4.81. The molecule has 2 saturated heterocycles. The summed E-state index contributed by atoms with van der Waals surface area (Å²) in [5, 5.41) is 12.0. The minimum absolute atomic E-state index is 0.0982. The topological polar surface area (TPSA) is 76.4 Å². The molecule has 1 N–H and O–H groups in total. The fourth-order valence-electron chi connectivity index (χ4n) is 4.81. The van der Waals surface area contributed by atoms with Crippen molar-refractivity contribution in [3.05, 3.63) is 29.3 Å². The molecule has 0 aromatic heterocycles. The lowest BCUT2D eigenvalue weighted by Crippen LogP contribution is -2.45. The number of carbonyl (C=O) groups is 2. The van der Waals surface area contributed by atoms with E-state index in [1.807, 2.05) is 4.90 Å². The molecule has 9 heteroatoms. The number of benzene rings is 1. The number of hydrogen-bond acceptors (Lipinski definition) is 4. The molecule has 1 unspecified atom stereocenters. The predicted molar refractivity (Wildman–Crippen MR) is 107 cm³/mol. The minimum atomic E-state index is -4.59. The van der Waals surface area contributed by atoms with Gasteiger partial charge in [0.15, 0.2) is 0 Å². The number of piperidine rings is 1. The summed E-state index contributed by atoms with van der Waals surface area (Å²) in [4.78, 5) is 28.4. The van der Waals surface area contributed by atoms with E-state index in [2.05, 4.69) is 5.32 Å². The van der Waals surface area contributed by atoms with Crippen LogP contribution in [0.3, 0.4) is 0 Å². The van der Waals surface area contributed by atoms with Crippen LogP contribution >= 0.6 is 0 Å². The number of rotatable bonds is 3. The molecule has 3 fully saturated rings. The molecule has 1 atom stereocenters. The van der Waals surface area contributed by atoms with E-state index in [4.69, 9.17) is 5.26 Å². The summed E-state index contributed by atoms with van der Waals surface area (Å²) in [6, 6.07) is 5.16. The number of hydrogen-bond donors (Lipinski definition) is 1. The van der Waals surface area contributed by atoms with E-state index >= 15 is 0 Å². The van der Waals surface area contributed by atoms with E-state index < -0.39 is 17.8 Å². The molecule has 2 aliphatic heterocycles. The number of anilines is 1. The number of nitrogens with one attached hydrogen (secondary N) is 1. The summed E-state index contributed by atoms with van der Waals surface area (Å²) in [5.41, 5.74) is -1.08. The molecule has 1 aromatic carbocycles. The number of amides is 2.